The van der Waals surface area contributed by atoms with Gasteiger partial charge in [-0.25, -0.2) is 12.7 Å². The van der Waals surface area contributed by atoms with E-state index in [4.69, 9.17) is 0 Å². The second-order valence-electron chi connectivity index (χ2n) is 7.59. The van der Waals surface area contributed by atoms with Crippen molar-refractivity contribution in [2.24, 2.45) is 5.92 Å². The Balaban J connectivity index is 1.33. The van der Waals surface area contributed by atoms with Crippen molar-refractivity contribution in [1.82, 2.24) is 4.31 Å². The second-order valence-corrected chi connectivity index (χ2v) is 9.68. The first-order valence-electron chi connectivity index (χ1n) is 9.95. The molecule has 2 aromatic rings. The van der Waals surface area contributed by atoms with Crippen molar-refractivity contribution in [3.05, 3.63) is 65.7 Å². The highest BCUT2D eigenvalue weighted by molar-refractivity contribution is 7.89. The molecule has 1 saturated heterocycles. The number of hydrogen-bond acceptors (Lipinski definition) is 3. The number of carbonyl (C=O) groups excluding carboxylic acids is 1. The van der Waals surface area contributed by atoms with Gasteiger partial charge in [-0.2, -0.15) is 0 Å². The summed E-state index contributed by atoms with van der Waals surface area (Å²) < 4.78 is 26.9. The van der Waals surface area contributed by atoms with Gasteiger partial charge in [-0.1, -0.05) is 48.5 Å². The number of sulfonamides is 1. The number of carbonyl (C=O) groups is 1. The van der Waals surface area contributed by atoms with Crippen LogP contribution in [-0.4, -0.2) is 44.0 Å². The number of fused-ring (bicyclic) bond motifs is 1. The van der Waals surface area contributed by atoms with Crippen LogP contribution in [-0.2, 0) is 27.7 Å². The smallest absolute Gasteiger partial charge is 0.230 e. The molecule has 4 rings (SSSR count). The van der Waals surface area contributed by atoms with Gasteiger partial charge in [-0.05, 0) is 42.9 Å². The molecule has 28 heavy (non-hydrogen) atoms. The molecule has 0 aliphatic carbocycles. The van der Waals surface area contributed by atoms with Crippen LogP contribution in [0.3, 0.4) is 0 Å². The third kappa shape index (κ3) is 3.98. The Morgan fingerprint density at radius 1 is 0.929 bits per heavy atom. The van der Waals surface area contributed by atoms with Gasteiger partial charge in [-0.3, -0.25) is 4.79 Å². The van der Waals surface area contributed by atoms with Crippen LogP contribution in [0, 0.1) is 5.92 Å². The van der Waals surface area contributed by atoms with Gasteiger partial charge >= 0.3 is 0 Å². The Morgan fingerprint density at radius 2 is 1.61 bits per heavy atom. The van der Waals surface area contributed by atoms with Crippen LogP contribution >= 0.6 is 0 Å². The van der Waals surface area contributed by atoms with E-state index < -0.39 is 10.0 Å². The molecule has 0 bridgehead atoms. The summed E-state index contributed by atoms with van der Waals surface area (Å²) in [6, 6.07) is 17.7. The maximum absolute atomic E-state index is 13.0. The Kier molecular flexibility index (Phi) is 5.51. The van der Waals surface area contributed by atoms with Crippen LogP contribution < -0.4 is 4.90 Å². The number of amides is 1. The third-order valence-electron chi connectivity index (χ3n) is 5.84. The van der Waals surface area contributed by atoms with E-state index in [0.717, 1.165) is 24.2 Å². The van der Waals surface area contributed by atoms with Gasteiger partial charge in [0.25, 0.3) is 0 Å². The molecule has 6 heteroatoms. The van der Waals surface area contributed by atoms with E-state index in [1.807, 2.05) is 53.4 Å². The van der Waals surface area contributed by atoms with Crippen molar-refractivity contribution in [2.45, 2.75) is 25.7 Å². The summed E-state index contributed by atoms with van der Waals surface area (Å²) in [7, 11) is -3.29. The first-order chi connectivity index (χ1) is 13.5. The third-order valence-corrected chi connectivity index (χ3v) is 7.71. The predicted molar refractivity (Wildman–Crippen MR) is 111 cm³/mol. The van der Waals surface area contributed by atoms with Crippen molar-refractivity contribution < 1.29 is 13.2 Å². The number of benzene rings is 2. The highest BCUT2D eigenvalue weighted by atomic mass is 32.2. The zero-order valence-corrected chi connectivity index (χ0v) is 16.8. The van der Waals surface area contributed by atoms with Gasteiger partial charge in [0.1, 0.15) is 0 Å². The molecule has 0 N–H and O–H groups in total. The quantitative estimate of drug-likeness (QED) is 0.778. The van der Waals surface area contributed by atoms with Gasteiger partial charge in [0.05, 0.1) is 5.75 Å². The molecule has 2 heterocycles. The average Bonchev–Trinajstić information content (AvgIpc) is 3.17. The van der Waals surface area contributed by atoms with E-state index in [1.165, 1.54) is 5.56 Å². The van der Waals surface area contributed by atoms with Gasteiger partial charge in [0.15, 0.2) is 0 Å². The van der Waals surface area contributed by atoms with E-state index in [0.29, 0.717) is 32.4 Å². The van der Waals surface area contributed by atoms with Crippen molar-refractivity contribution in [3.8, 4) is 0 Å². The van der Waals surface area contributed by atoms with E-state index >= 15 is 0 Å². The average molecular weight is 399 g/mol. The fourth-order valence-electron chi connectivity index (χ4n) is 4.19. The summed E-state index contributed by atoms with van der Waals surface area (Å²) in [4.78, 5) is 14.9. The first kappa shape index (κ1) is 19.2. The van der Waals surface area contributed by atoms with E-state index in [1.54, 1.807) is 4.31 Å². The molecule has 0 spiro atoms. The fourth-order valence-corrected chi connectivity index (χ4v) is 5.71. The van der Waals surface area contributed by atoms with Crippen LogP contribution in [0.2, 0.25) is 0 Å². The Bertz CT molecular complexity index is 935. The molecule has 2 aromatic carbocycles. The lowest BCUT2D eigenvalue weighted by molar-refractivity contribution is -0.123. The summed E-state index contributed by atoms with van der Waals surface area (Å²) in [6.07, 6.45) is 2.62. The number of piperidine rings is 1. The minimum absolute atomic E-state index is 0.0910. The molecule has 2 aliphatic rings. The fraction of sp³-hybridized carbons (Fsp3) is 0.409. The maximum atomic E-state index is 13.0. The monoisotopic (exact) mass is 398 g/mol. The number of anilines is 1. The van der Waals surface area contributed by atoms with E-state index in [-0.39, 0.29) is 17.6 Å². The van der Waals surface area contributed by atoms with Crippen molar-refractivity contribution in [2.75, 3.05) is 30.3 Å². The SMILES string of the molecule is O=C(C1CCN(S(=O)(=O)CCc2ccccc2)CC1)N1CCc2ccccc21. The number of hydrogen-bond donors (Lipinski definition) is 0. The number of aryl methyl sites for hydroxylation is 1. The molecule has 0 aromatic heterocycles. The van der Waals surface area contributed by atoms with Crippen LogP contribution in [0.1, 0.15) is 24.0 Å². The van der Waals surface area contributed by atoms with Crippen LogP contribution in [0.4, 0.5) is 5.69 Å². The molecule has 0 unspecified atom stereocenters. The molecular weight excluding hydrogens is 372 g/mol. The van der Waals surface area contributed by atoms with Crippen molar-refractivity contribution >= 4 is 21.6 Å². The summed E-state index contributed by atoms with van der Waals surface area (Å²) in [6.45, 7) is 1.60. The van der Waals surface area contributed by atoms with Crippen LogP contribution in [0.5, 0.6) is 0 Å². The molecule has 0 saturated carbocycles. The Morgan fingerprint density at radius 3 is 2.36 bits per heavy atom. The minimum atomic E-state index is -3.29. The molecule has 1 amide bonds. The van der Waals surface area contributed by atoms with Crippen LogP contribution in [0.15, 0.2) is 54.6 Å². The minimum Gasteiger partial charge on any atom is -0.312 e. The van der Waals surface area contributed by atoms with Gasteiger partial charge < -0.3 is 4.90 Å². The summed E-state index contributed by atoms with van der Waals surface area (Å²) in [5, 5.41) is 0. The normalized spacial score (nSPS) is 18.2. The molecular formula is C22H26N2O3S. The van der Waals surface area contributed by atoms with E-state index in [2.05, 4.69) is 6.07 Å². The molecule has 1 fully saturated rings. The predicted octanol–water partition coefficient (Wildman–Crippen LogP) is 2.86. The van der Waals surface area contributed by atoms with Crippen molar-refractivity contribution in [1.29, 1.82) is 0 Å². The summed E-state index contributed by atoms with van der Waals surface area (Å²) in [5.41, 5.74) is 3.27. The standard InChI is InChI=1S/C22H26N2O3S/c25-22(24-16-12-19-8-4-5-9-21(19)24)20-10-14-23(15-11-20)28(26,27)17-13-18-6-2-1-3-7-18/h1-9,20H,10-17H2. The lowest BCUT2D eigenvalue weighted by Crippen LogP contribution is -2.44. The second kappa shape index (κ2) is 8.05. The summed E-state index contributed by atoms with van der Waals surface area (Å²) in [5.74, 6) is 0.174. The molecule has 148 valence electrons. The number of para-hydroxylation sites is 1. The molecule has 0 atom stereocenters. The zero-order valence-electron chi connectivity index (χ0n) is 16.0. The number of nitrogens with zero attached hydrogens (tertiary/aromatic N) is 2. The topological polar surface area (TPSA) is 57.7 Å². The first-order valence-corrected chi connectivity index (χ1v) is 11.6. The van der Waals surface area contributed by atoms with Gasteiger partial charge in [0.2, 0.25) is 15.9 Å². The Labute approximate surface area is 167 Å². The largest absolute Gasteiger partial charge is 0.312 e. The Hall–Kier alpha value is -2.18. The molecule has 2 aliphatic heterocycles. The molecule has 5 nitrogen and oxygen atoms in total. The number of rotatable bonds is 5. The molecule has 0 radical (unpaired) electrons. The highest BCUT2D eigenvalue weighted by Gasteiger charge is 2.35. The lowest BCUT2D eigenvalue weighted by atomic mass is 9.96. The van der Waals surface area contributed by atoms with E-state index in [9.17, 15) is 13.2 Å². The van der Waals surface area contributed by atoms with Crippen molar-refractivity contribution in [3.63, 3.8) is 0 Å². The van der Waals surface area contributed by atoms with Gasteiger partial charge in [-0.15, -0.1) is 0 Å². The van der Waals surface area contributed by atoms with Crippen LogP contribution in [0.25, 0.3) is 0 Å². The lowest BCUT2D eigenvalue weighted by Gasteiger charge is -2.32. The zero-order chi connectivity index (χ0) is 19.6. The highest BCUT2D eigenvalue weighted by Crippen LogP contribution is 2.31. The van der Waals surface area contributed by atoms with Gasteiger partial charge in [0, 0.05) is 31.2 Å². The maximum Gasteiger partial charge on any atom is 0.230 e. The summed E-state index contributed by atoms with van der Waals surface area (Å²) >= 11 is 0.